The molecular formula is C8H17O4P. The van der Waals surface area contributed by atoms with Crippen molar-refractivity contribution in [2.75, 3.05) is 19.4 Å². The lowest BCUT2D eigenvalue weighted by atomic mass is 10.2. The van der Waals surface area contributed by atoms with Gasteiger partial charge < -0.3 is 9.63 Å². The van der Waals surface area contributed by atoms with Crippen LogP contribution in [0.5, 0.6) is 0 Å². The Bertz CT molecular complexity index is 202. The van der Waals surface area contributed by atoms with E-state index in [1.807, 2.05) is 0 Å². The Labute approximate surface area is 78.7 Å². The predicted molar refractivity (Wildman–Crippen MR) is 51.5 cm³/mol. The second kappa shape index (κ2) is 6.17. The van der Waals surface area contributed by atoms with Crippen LogP contribution in [0.25, 0.3) is 0 Å². The van der Waals surface area contributed by atoms with Crippen LogP contribution < -0.4 is 0 Å². The summed E-state index contributed by atoms with van der Waals surface area (Å²) in [4.78, 5) is 10.1. The lowest BCUT2D eigenvalue weighted by Gasteiger charge is -2.11. The zero-order valence-electron chi connectivity index (χ0n) is 8.15. The molecule has 1 unspecified atom stereocenters. The summed E-state index contributed by atoms with van der Waals surface area (Å²) in [5, 5.41) is 8.35. The molecule has 0 aliphatic heterocycles. The number of carboxylic acids is 1. The van der Waals surface area contributed by atoms with Gasteiger partial charge in [0.25, 0.3) is 0 Å². The Hall–Kier alpha value is -0.340. The summed E-state index contributed by atoms with van der Waals surface area (Å²) in [5.41, 5.74) is 0. The minimum Gasteiger partial charge on any atom is -0.481 e. The van der Waals surface area contributed by atoms with Gasteiger partial charge in [-0.2, -0.15) is 0 Å². The first-order valence-corrected chi connectivity index (χ1v) is 6.66. The van der Waals surface area contributed by atoms with Gasteiger partial charge in [-0.25, -0.2) is 0 Å². The largest absolute Gasteiger partial charge is 0.481 e. The van der Waals surface area contributed by atoms with Gasteiger partial charge in [0.05, 0.1) is 6.61 Å². The van der Waals surface area contributed by atoms with Crippen molar-refractivity contribution in [2.45, 2.75) is 26.2 Å². The smallest absolute Gasteiger partial charge is 0.303 e. The first kappa shape index (κ1) is 12.7. The fraction of sp³-hybridized carbons (Fsp3) is 0.875. The average Bonchev–Trinajstić information content (AvgIpc) is 1.98. The third kappa shape index (κ3) is 8.00. The van der Waals surface area contributed by atoms with Crippen molar-refractivity contribution >= 4 is 13.3 Å². The number of unbranched alkanes of at least 4 members (excludes halogenated alkanes) is 1. The molecule has 78 valence electrons. The summed E-state index contributed by atoms with van der Waals surface area (Å²) in [7, 11) is -2.45. The van der Waals surface area contributed by atoms with Crippen LogP contribution in [-0.4, -0.2) is 30.5 Å². The summed E-state index contributed by atoms with van der Waals surface area (Å²) in [6, 6.07) is 0. The highest BCUT2D eigenvalue weighted by Gasteiger charge is 2.13. The van der Waals surface area contributed by atoms with Crippen LogP contribution in [0.4, 0.5) is 0 Å². The van der Waals surface area contributed by atoms with Gasteiger partial charge in [-0.3, -0.25) is 9.36 Å². The van der Waals surface area contributed by atoms with Crippen LogP contribution >= 0.6 is 7.37 Å². The molecule has 5 heteroatoms. The highest BCUT2D eigenvalue weighted by molar-refractivity contribution is 7.58. The van der Waals surface area contributed by atoms with E-state index in [0.29, 0.717) is 25.6 Å². The molecule has 0 spiro atoms. The minimum atomic E-state index is -2.45. The lowest BCUT2D eigenvalue weighted by molar-refractivity contribution is -0.137. The maximum atomic E-state index is 11.5. The topological polar surface area (TPSA) is 63.6 Å². The number of rotatable bonds is 7. The van der Waals surface area contributed by atoms with E-state index in [1.54, 1.807) is 13.6 Å². The Balaban J connectivity index is 3.52. The quantitative estimate of drug-likeness (QED) is 0.514. The van der Waals surface area contributed by atoms with Crippen LogP contribution in [0.3, 0.4) is 0 Å². The van der Waals surface area contributed by atoms with Gasteiger partial charge in [0.2, 0.25) is 0 Å². The molecule has 1 N–H and O–H groups in total. The zero-order chi connectivity index (χ0) is 10.3. The van der Waals surface area contributed by atoms with E-state index >= 15 is 0 Å². The highest BCUT2D eigenvalue weighted by Crippen LogP contribution is 2.43. The van der Waals surface area contributed by atoms with Gasteiger partial charge in [0.1, 0.15) is 0 Å². The summed E-state index contributed by atoms with van der Waals surface area (Å²) in [6.45, 7) is 3.84. The first-order chi connectivity index (χ1) is 5.98. The van der Waals surface area contributed by atoms with Crippen LogP contribution in [0.1, 0.15) is 26.2 Å². The molecule has 0 heterocycles. The van der Waals surface area contributed by atoms with E-state index < -0.39 is 13.3 Å². The summed E-state index contributed by atoms with van der Waals surface area (Å²) in [6.07, 6.45) is 1.85. The van der Waals surface area contributed by atoms with E-state index in [-0.39, 0.29) is 6.42 Å². The van der Waals surface area contributed by atoms with Crippen molar-refractivity contribution in [3.8, 4) is 0 Å². The van der Waals surface area contributed by atoms with Crippen molar-refractivity contribution in [1.29, 1.82) is 0 Å². The van der Waals surface area contributed by atoms with Crippen LogP contribution in [0, 0.1) is 0 Å². The molecule has 4 nitrogen and oxygen atoms in total. The fourth-order valence-electron chi connectivity index (χ4n) is 1.01. The first-order valence-electron chi connectivity index (χ1n) is 4.41. The fourth-order valence-corrected chi connectivity index (χ4v) is 2.49. The highest BCUT2D eigenvalue weighted by atomic mass is 31.2. The maximum absolute atomic E-state index is 11.5. The van der Waals surface area contributed by atoms with E-state index in [2.05, 4.69) is 0 Å². The van der Waals surface area contributed by atoms with Gasteiger partial charge in [0, 0.05) is 19.2 Å². The standard InChI is InChI=1S/C8H17O4P/c1-3-12-13(2,11)7-5-4-6-8(9)10/h3-7H2,1-2H3,(H,9,10). The van der Waals surface area contributed by atoms with Crippen LogP contribution in [0.15, 0.2) is 0 Å². The third-order valence-electron chi connectivity index (χ3n) is 1.61. The Morgan fingerprint density at radius 2 is 2.08 bits per heavy atom. The molecule has 1 atom stereocenters. The average molecular weight is 208 g/mol. The van der Waals surface area contributed by atoms with E-state index in [9.17, 15) is 9.36 Å². The van der Waals surface area contributed by atoms with Crippen LogP contribution in [-0.2, 0) is 13.9 Å². The summed E-state index contributed by atoms with van der Waals surface area (Å²) in [5.74, 6) is -0.803. The molecule has 0 rings (SSSR count). The van der Waals surface area contributed by atoms with Crippen molar-refractivity contribution in [3.63, 3.8) is 0 Å². The SMILES string of the molecule is CCOP(C)(=O)CCCCC(=O)O. The molecule has 13 heavy (non-hydrogen) atoms. The molecule has 0 saturated heterocycles. The number of carboxylic acid groups (broad SMARTS) is 1. The van der Waals surface area contributed by atoms with Crippen molar-refractivity contribution in [2.24, 2.45) is 0 Å². The van der Waals surface area contributed by atoms with Crippen molar-refractivity contribution in [1.82, 2.24) is 0 Å². The molecule has 0 bridgehead atoms. The molecule has 0 aliphatic carbocycles. The third-order valence-corrected chi connectivity index (χ3v) is 3.54. The van der Waals surface area contributed by atoms with Gasteiger partial charge >= 0.3 is 5.97 Å². The molecule has 0 aromatic rings. The predicted octanol–water partition coefficient (Wildman–Crippen LogP) is 2.19. The van der Waals surface area contributed by atoms with Crippen molar-refractivity contribution in [3.05, 3.63) is 0 Å². The summed E-state index contributed by atoms with van der Waals surface area (Å²) >= 11 is 0. The van der Waals surface area contributed by atoms with Crippen LogP contribution in [0.2, 0.25) is 0 Å². The van der Waals surface area contributed by atoms with E-state index in [0.717, 1.165) is 0 Å². The van der Waals surface area contributed by atoms with Crippen molar-refractivity contribution < 1.29 is 19.0 Å². The number of aliphatic carboxylic acids is 1. The van der Waals surface area contributed by atoms with Gasteiger partial charge in [-0.05, 0) is 19.8 Å². The second-order valence-corrected chi connectivity index (χ2v) is 5.74. The molecule has 0 saturated carbocycles. The minimum absolute atomic E-state index is 0.145. The van der Waals surface area contributed by atoms with Gasteiger partial charge in [-0.15, -0.1) is 0 Å². The molecule has 0 amide bonds. The number of carbonyl (C=O) groups is 1. The number of hydrogen-bond acceptors (Lipinski definition) is 3. The summed E-state index contributed by atoms with van der Waals surface area (Å²) < 4.78 is 16.5. The molecule has 0 aromatic carbocycles. The molecular weight excluding hydrogens is 191 g/mol. The molecule has 0 radical (unpaired) electrons. The molecule has 0 aliphatic rings. The molecule has 0 aromatic heterocycles. The zero-order valence-corrected chi connectivity index (χ0v) is 9.05. The van der Waals surface area contributed by atoms with E-state index in [1.165, 1.54) is 0 Å². The van der Waals surface area contributed by atoms with Gasteiger partial charge in [-0.1, -0.05) is 0 Å². The van der Waals surface area contributed by atoms with Gasteiger partial charge in [0.15, 0.2) is 7.37 Å². The monoisotopic (exact) mass is 208 g/mol. The second-order valence-electron chi connectivity index (χ2n) is 3.01. The Morgan fingerprint density at radius 3 is 2.54 bits per heavy atom. The number of hydrogen-bond donors (Lipinski definition) is 1. The Kier molecular flexibility index (Phi) is 6.00. The molecule has 0 fully saturated rings. The van der Waals surface area contributed by atoms with E-state index in [4.69, 9.17) is 9.63 Å². The maximum Gasteiger partial charge on any atom is 0.303 e. The normalized spacial score (nSPS) is 15.2. The Morgan fingerprint density at radius 1 is 1.46 bits per heavy atom. The lowest BCUT2D eigenvalue weighted by Crippen LogP contribution is -1.97.